The number of benzene rings is 1. The third-order valence-corrected chi connectivity index (χ3v) is 2.62. The second-order valence-corrected chi connectivity index (χ2v) is 3.99. The zero-order valence-electron chi connectivity index (χ0n) is 9.03. The number of phenols is 1. The van der Waals surface area contributed by atoms with Crippen molar-refractivity contribution < 1.29 is 9.90 Å². The summed E-state index contributed by atoms with van der Waals surface area (Å²) in [6.45, 7) is 1.49. The number of carbonyl (C=O) groups is 1. The molecule has 2 rings (SSSR count). The first-order chi connectivity index (χ1) is 7.56. The van der Waals surface area contributed by atoms with Gasteiger partial charge in [-0.25, -0.2) is 0 Å². The molecule has 4 N–H and O–H groups in total. The fourth-order valence-electron chi connectivity index (χ4n) is 1.67. The fourth-order valence-corrected chi connectivity index (χ4v) is 1.67. The molecule has 0 aliphatic carbocycles. The molecule has 1 aromatic carbocycles. The van der Waals surface area contributed by atoms with Gasteiger partial charge in [-0.2, -0.15) is 0 Å². The lowest BCUT2D eigenvalue weighted by atomic mass is 10.1. The van der Waals surface area contributed by atoms with Gasteiger partial charge in [0.15, 0.2) is 0 Å². The number of aromatic nitrogens is 1. The number of aromatic hydroxyl groups is 1. The molecular weight excluding hydrogens is 204 g/mol. The Morgan fingerprint density at radius 2 is 2.25 bits per heavy atom. The summed E-state index contributed by atoms with van der Waals surface area (Å²) in [4.78, 5) is 14.2. The van der Waals surface area contributed by atoms with Crippen molar-refractivity contribution in [1.82, 2.24) is 4.98 Å². The summed E-state index contributed by atoms with van der Waals surface area (Å²) in [5.41, 5.74) is 7.52. The molecule has 16 heavy (non-hydrogen) atoms. The Labute approximate surface area is 93.1 Å². The minimum absolute atomic E-state index is 0.0264. The van der Waals surface area contributed by atoms with Gasteiger partial charge < -0.3 is 15.8 Å². The minimum Gasteiger partial charge on any atom is -0.508 e. The highest BCUT2D eigenvalue weighted by Gasteiger charge is 2.10. The van der Waals surface area contributed by atoms with Gasteiger partial charge in [0, 0.05) is 23.0 Å². The Morgan fingerprint density at radius 1 is 1.50 bits per heavy atom. The van der Waals surface area contributed by atoms with Crippen LogP contribution in [0.25, 0.3) is 10.9 Å². The molecule has 4 heteroatoms. The highest BCUT2D eigenvalue weighted by atomic mass is 16.3. The largest absolute Gasteiger partial charge is 0.508 e. The number of phenolic OH excluding ortho intramolecular Hbond substituents is 1. The van der Waals surface area contributed by atoms with E-state index in [9.17, 15) is 9.90 Å². The predicted molar refractivity (Wildman–Crippen MR) is 62.3 cm³/mol. The quantitative estimate of drug-likeness (QED) is 0.727. The molecule has 0 unspecified atom stereocenters. The zero-order valence-corrected chi connectivity index (χ0v) is 9.03. The fraction of sp³-hybridized carbons (Fsp3) is 0.250. The molecule has 1 heterocycles. The highest BCUT2D eigenvalue weighted by Crippen LogP contribution is 2.21. The Kier molecular flexibility index (Phi) is 2.66. The summed E-state index contributed by atoms with van der Waals surface area (Å²) in [6.07, 6.45) is 0.491. The van der Waals surface area contributed by atoms with E-state index in [1.54, 1.807) is 18.2 Å². The molecule has 84 valence electrons. The molecular formula is C12H14N2O2. The third-order valence-electron chi connectivity index (χ3n) is 2.62. The normalized spacial score (nSPS) is 12.9. The van der Waals surface area contributed by atoms with Crippen molar-refractivity contribution in [3.05, 3.63) is 30.0 Å². The molecule has 0 radical (unpaired) electrons. The SMILES string of the molecule is CC(=O)[C@@H](N)Cc1cc2cc(O)ccc2[nH]1. The molecule has 2 aromatic rings. The average Bonchev–Trinajstić information content (AvgIpc) is 2.58. The summed E-state index contributed by atoms with van der Waals surface area (Å²) < 4.78 is 0. The van der Waals surface area contributed by atoms with Crippen molar-refractivity contribution in [3.8, 4) is 5.75 Å². The summed E-state index contributed by atoms with van der Waals surface area (Å²) in [6, 6.07) is 6.52. The van der Waals surface area contributed by atoms with Crippen LogP contribution in [0.2, 0.25) is 0 Å². The van der Waals surface area contributed by atoms with Crippen LogP contribution >= 0.6 is 0 Å². The number of nitrogens with two attached hydrogens (primary N) is 1. The van der Waals surface area contributed by atoms with Crippen LogP contribution in [0.15, 0.2) is 24.3 Å². The van der Waals surface area contributed by atoms with Gasteiger partial charge in [-0.1, -0.05) is 0 Å². The summed E-state index contributed by atoms with van der Waals surface area (Å²) >= 11 is 0. The smallest absolute Gasteiger partial charge is 0.146 e. The molecule has 0 saturated heterocycles. The summed E-state index contributed by atoms with van der Waals surface area (Å²) in [7, 11) is 0. The van der Waals surface area contributed by atoms with Gasteiger partial charge in [0.2, 0.25) is 0 Å². The number of carbonyl (C=O) groups excluding carboxylic acids is 1. The number of nitrogens with one attached hydrogen (secondary N) is 1. The number of aromatic amines is 1. The van der Waals surface area contributed by atoms with Gasteiger partial charge >= 0.3 is 0 Å². The molecule has 1 aromatic heterocycles. The summed E-state index contributed by atoms with van der Waals surface area (Å²) in [5.74, 6) is 0.204. The second kappa shape index (κ2) is 3.98. The van der Waals surface area contributed by atoms with Crippen LogP contribution in [0, 0.1) is 0 Å². The lowest BCUT2D eigenvalue weighted by Crippen LogP contribution is -2.30. The molecule has 0 amide bonds. The van der Waals surface area contributed by atoms with Crippen LogP contribution in [0.5, 0.6) is 5.75 Å². The van der Waals surface area contributed by atoms with Gasteiger partial charge in [-0.15, -0.1) is 0 Å². The van der Waals surface area contributed by atoms with Crippen LogP contribution in [0.3, 0.4) is 0 Å². The van der Waals surface area contributed by atoms with E-state index in [2.05, 4.69) is 4.98 Å². The second-order valence-electron chi connectivity index (χ2n) is 3.99. The summed E-state index contributed by atoms with van der Waals surface area (Å²) in [5, 5.41) is 10.2. The first-order valence-corrected chi connectivity index (χ1v) is 5.13. The van der Waals surface area contributed by atoms with E-state index in [1.165, 1.54) is 6.92 Å². The molecule has 0 spiro atoms. The maximum absolute atomic E-state index is 11.0. The Morgan fingerprint density at radius 3 is 2.94 bits per heavy atom. The van der Waals surface area contributed by atoms with Crippen LogP contribution in [0.1, 0.15) is 12.6 Å². The van der Waals surface area contributed by atoms with Crippen LogP contribution in [0.4, 0.5) is 0 Å². The Bertz CT molecular complexity index is 531. The molecule has 0 aliphatic rings. The van der Waals surface area contributed by atoms with E-state index in [-0.39, 0.29) is 11.5 Å². The number of H-pyrrole nitrogens is 1. The number of rotatable bonds is 3. The van der Waals surface area contributed by atoms with Crippen LogP contribution < -0.4 is 5.73 Å². The molecule has 0 saturated carbocycles. The van der Waals surface area contributed by atoms with Crippen molar-refractivity contribution in [2.75, 3.05) is 0 Å². The van der Waals surface area contributed by atoms with Gasteiger partial charge in [-0.3, -0.25) is 4.79 Å². The van der Waals surface area contributed by atoms with Gasteiger partial charge in [0.05, 0.1) is 6.04 Å². The molecule has 0 bridgehead atoms. The molecule has 0 aliphatic heterocycles. The number of hydrogen-bond donors (Lipinski definition) is 3. The maximum Gasteiger partial charge on any atom is 0.146 e. The lowest BCUT2D eigenvalue weighted by molar-refractivity contribution is -0.118. The number of ketones is 1. The van der Waals surface area contributed by atoms with Crippen LogP contribution in [-0.2, 0) is 11.2 Å². The minimum atomic E-state index is -0.471. The van der Waals surface area contributed by atoms with Crippen molar-refractivity contribution in [3.63, 3.8) is 0 Å². The monoisotopic (exact) mass is 218 g/mol. The number of hydrogen-bond acceptors (Lipinski definition) is 3. The zero-order chi connectivity index (χ0) is 11.7. The Balaban J connectivity index is 2.29. The number of fused-ring (bicyclic) bond motifs is 1. The number of Topliss-reactive ketones (excluding diaryl/α,β-unsaturated/α-hetero) is 1. The lowest BCUT2D eigenvalue weighted by Gasteiger charge is -2.04. The van der Waals surface area contributed by atoms with E-state index in [0.29, 0.717) is 6.42 Å². The van der Waals surface area contributed by atoms with E-state index in [1.807, 2.05) is 6.07 Å². The van der Waals surface area contributed by atoms with Crippen molar-refractivity contribution >= 4 is 16.7 Å². The van der Waals surface area contributed by atoms with Gasteiger partial charge in [0.25, 0.3) is 0 Å². The van der Waals surface area contributed by atoms with Crippen LogP contribution in [-0.4, -0.2) is 21.9 Å². The van der Waals surface area contributed by atoms with Gasteiger partial charge in [0.1, 0.15) is 11.5 Å². The van der Waals surface area contributed by atoms with Gasteiger partial charge in [-0.05, 0) is 31.2 Å². The third kappa shape index (κ3) is 2.06. The molecule has 1 atom stereocenters. The van der Waals surface area contributed by atoms with E-state index in [4.69, 9.17) is 5.73 Å². The average molecular weight is 218 g/mol. The van der Waals surface area contributed by atoms with Crippen molar-refractivity contribution in [2.24, 2.45) is 5.73 Å². The maximum atomic E-state index is 11.0. The van der Waals surface area contributed by atoms with Crippen molar-refractivity contribution in [1.29, 1.82) is 0 Å². The first-order valence-electron chi connectivity index (χ1n) is 5.13. The topological polar surface area (TPSA) is 79.1 Å². The van der Waals surface area contributed by atoms with Crippen molar-refractivity contribution in [2.45, 2.75) is 19.4 Å². The molecule has 4 nitrogen and oxygen atoms in total. The standard InChI is InChI=1S/C12H14N2O2/c1-7(15)11(13)6-9-4-8-5-10(16)2-3-12(8)14-9/h2-5,11,14,16H,6,13H2,1H3/t11-/m0/s1. The highest BCUT2D eigenvalue weighted by molar-refractivity contribution is 5.83. The Hall–Kier alpha value is -1.81. The molecule has 0 fully saturated rings. The van der Waals surface area contributed by atoms with E-state index < -0.39 is 6.04 Å². The predicted octanol–water partition coefficient (Wildman–Crippen LogP) is 1.33. The van der Waals surface area contributed by atoms with E-state index >= 15 is 0 Å². The first kappa shape index (κ1) is 10.7. The van der Waals surface area contributed by atoms with E-state index in [0.717, 1.165) is 16.6 Å².